The van der Waals surface area contributed by atoms with Crippen molar-refractivity contribution in [3.05, 3.63) is 65.3 Å². The average molecular weight is 376 g/mol. The van der Waals surface area contributed by atoms with Gasteiger partial charge in [-0.05, 0) is 6.07 Å². The zero-order valence-corrected chi connectivity index (χ0v) is 15.2. The third kappa shape index (κ3) is 3.81. The van der Waals surface area contributed by atoms with Crippen LogP contribution in [0.2, 0.25) is 0 Å². The van der Waals surface area contributed by atoms with E-state index in [9.17, 15) is 4.79 Å². The lowest BCUT2D eigenvalue weighted by Crippen LogP contribution is -2.31. The zero-order chi connectivity index (χ0) is 18.6. The van der Waals surface area contributed by atoms with Crippen LogP contribution in [0.5, 0.6) is 5.88 Å². The minimum Gasteiger partial charge on any atom is -0.472 e. The molecule has 1 atom stereocenters. The predicted octanol–water partition coefficient (Wildman–Crippen LogP) is 3.37. The lowest BCUT2D eigenvalue weighted by atomic mass is 10.2. The fourth-order valence-corrected chi connectivity index (χ4v) is 3.77. The summed E-state index contributed by atoms with van der Waals surface area (Å²) in [6, 6.07) is 15.1. The summed E-state index contributed by atoms with van der Waals surface area (Å²) in [6.07, 6.45) is 2.13. The highest BCUT2D eigenvalue weighted by molar-refractivity contribution is 7.13. The molecule has 0 radical (unpaired) electrons. The maximum atomic E-state index is 12.7. The van der Waals surface area contributed by atoms with Crippen molar-refractivity contribution in [1.82, 2.24) is 14.9 Å². The summed E-state index contributed by atoms with van der Waals surface area (Å²) in [7, 11) is 0. The summed E-state index contributed by atoms with van der Waals surface area (Å²) in [5.74, 6) is 0.326. The molecule has 1 saturated heterocycles. The normalized spacial score (nSPS) is 16.1. The number of amides is 1. The number of hydrogen-bond acceptors (Lipinski definition) is 6. The lowest BCUT2D eigenvalue weighted by molar-refractivity contribution is 0.0766. The van der Waals surface area contributed by atoms with Crippen molar-refractivity contribution in [3.63, 3.8) is 0 Å². The van der Waals surface area contributed by atoms with Gasteiger partial charge in [-0.25, -0.2) is 9.97 Å². The van der Waals surface area contributed by atoms with Gasteiger partial charge in [-0.2, -0.15) is 5.26 Å². The number of nitrogens with zero attached hydrogens (tertiary/aromatic N) is 4. The molecule has 134 valence electrons. The maximum Gasteiger partial charge on any atom is 0.273 e. The Morgan fingerprint density at radius 3 is 2.96 bits per heavy atom. The van der Waals surface area contributed by atoms with Gasteiger partial charge in [-0.15, -0.1) is 11.3 Å². The van der Waals surface area contributed by atoms with Crippen LogP contribution in [0.1, 0.15) is 22.5 Å². The van der Waals surface area contributed by atoms with Crippen molar-refractivity contribution in [2.75, 3.05) is 13.1 Å². The van der Waals surface area contributed by atoms with Crippen LogP contribution in [0.3, 0.4) is 0 Å². The molecule has 0 aliphatic carbocycles. The Hall–Kier alpha value is -3.24. The molecule has 6 nitrogen and oxygen atoms in total. The van der Waals surface area contributed by atoms with E-state index in [2.05, 4.69) is 16.0 Å². The zero-order valence-electron chi connectivity index (χ0n) is 14.4. The minimum absolute atomic E-state index is 0.0849. The highest BCUT2D eigenvalue weighted by Crippen LogP contribution is 2.25. The molecule has 7 heteroatoms. The van der Waals surface area contributed by atoms with Crippen LogP contribution in [0.4, 0.5) is 0 Å². The molecule has 1 aromatic carbocycles. The first-order chi connectivity index (χ1) is 13.2. The molecule has 0 spiro atoms. The van der Waals surface area contributed by atoms with Crippen LogP contribution in [0.15, 0.2) is 54.0 Å². The smallest absolute Gasteiger partial charge is 0.273 e. The molecule has 3 heterocycles. The van der Waals surface area contributed by atoms with E-state index in [1.54, 1.807) is 28.6 Å². The number of ether oxygens (including phenoxy) is 1. The second-order valence-electron chi connectivity index (χ2n) is 6.18. The number of aromatic nitrogens is 2. The van der Waals surface area contributed by atoms with Crippen molar-refractivity contribution in [2.24, 2.45) is 0 Å². The molecule has 0 bridgehead atoms. The largest absolute Gasteiger partial charge is 0.472 e. The van der Waals surface area contributed by atoms with Crippen LogP contribution in [-0.2, 0) is 0 Å². The van der Waals surface area contributed by atoms with Gasteiger partial charge in [-0.1, -0.05) is 30.3 Å². The Morgan fingerprint density at radius 2 is 2.15 bits per heavy atom. The van der Waals surface area contributed by atoms with E-state index in [4.69, 9.17) is 10.00 Å². The monoisotopic (exact) mass is 376 g/mol. The molecule has 4 rings (SSSR count). The van der Waals surface area contributed by atoms with Gasteiger partial charge in [0.2, 0.25) is 5.88 Å². The van der Waals surface area contributed by atoms with E-state index in [0.29, 0.717) is 30.2 Å². The Labute approximate surface area is 160 Å². The third-order valence-electron chi connectivity index (χ3n) is 4.33. The van der Waals surface area contributed by atoms with Gasteiger partial charge < -0.3 is 9.64 Å². The molecule has 1 amide bonds. The standard InChI is InChI=1S/C20H16N4O2S/c21-11-14-6-8-22-18(10-14)26-16-7-9-24(12-16)20(25)17-13-27-19(23-17)15-4-2-1-3-5-15/h1-6,8,10,13,16H,7,9,12H2. The first-order valence-electron chi connectivity index (χ1n) is 8.56. The van der Waals surface area contributed by atoms with Gasteiger partial charge in [0.25, 0.3) is 5.91 Å². The van der Waals surface area contributed by atoms with Crippen LogP contribution >= 0.6 is 11.3 Å². The summed E-state index contributed by atoms with van der Waals surface area (Å²) < 4.78 is 5.83. The number of hydrogen-bond donors (Lipinski definition) is 0. The minimum atomic E-state index is -0.136. The molecule has 27 heavy (non-hydrogen) atoms. The quantitative estimate of drug-likeness (QED) is 0.697. The Morgan fingerprint density at radius 1 is 1.30 bits per heavy atom. The van der Waals surface area contributed by atoms with E-state index < -0.39 is 0 Å². The maximum absolute atomic E-state index is 12.7. The Kier molecular flexibility index (Phi) is 4.81. The fourth-order valence-electron chi connectivity index (χ4n) is 2.97. The highest BCUT2D eigenvalue weighted by atomic mass is 32.1. The summed E-state index contributed by atoms with van der Waals surface area (Å²) in [5.41, 5.74) is 1.97. The van der Waals surface area contributed by atoms with Crippen molar-refractivity contribution < 1.29 is 9.53 Å². The molecule has 1 aliphatic rings. The Bertz CT molecular complexity index is 996. The van der Waals surface area contributed by atoms with E-state index in [-0.39, 0.29) is 12.0 Å². The van der Waals surface area contributed by atoms with Crippen LogP contribution in [0.25, 0.3) is 10.6 Å². The molecule has 1 unspecified atom stereocenters. The van der Waals surface area contributed by atoms with Gasteiger partial charge in [0.05, 0.1) is 18.2 Å². The van der Waals surface area contributed by atoms with Gasteiger partial charge in [0, 0.05) is 36.2 Å². The number of likely N-dealkylation sites (tertiary alicyclic amines) is 1. The third-order valence-corrected chi connectivity index (χ3v) is 5.22. The summed E-state index contributed by atoms with van der Waals surface area (Å²) in [4.78, 5) is 23.1. The SMILES string of the molecule is N#Cc1ccnc(OC2CCN(C(=O)c3csc(-c4ccccc4)n3)C2)c1. The number of rotatable bonds is 4. The number of nitriles is 1. The molecular weight excluding hydrogens is 360 g/mol. The van der Waals surface area contributed by atoms with Crippen molar-refractivity contribution in [3.8, 4) is 22.5 Å². The topological polar surface area (TPSA) is 79.1 Å². The summed E-state index contributed by atoms with van der Waals surface area (Å²) in [6.45, 7) is 1.09. The van der Waals surface area contributed by atoms with Crippen LogP contribution in [0, 0.1) is 11.3 Å². The lowest BCUT2D eigenvalue weighted by Gasteiger charge is -2.16. The molecule has 0 N–H and O–H groups in total. The van der Waals surface area contributed by atoms with Crippen molar-refractivity contribution in [2.45, 2.75) is 12.5 Å². The second-order valence-corrected chi connectivity index (χ2v) is 7.04. The molecule has 3 aromatic rings. The number of benzene rings is 1. The summed E-state index contributed by atoms with van der Waals surface area (Å²) in [5, 5.41) is 11.6. The summed E-state index contributed by atoms with van der Waals surface area (Å²) >= 11 is 1.47. The van der Waals surface area contributed by atoms with Gasteiger partial charge >= 0.3 is 0 Å². The number of carbonyl (C=O) groups is 1. The van der Waals surface area contributed by atoms with Crippen molar-refractivity contribution >= 4 is 17.2 Å². The number of pyridine rings is 1. The molecule has 2 aromatic heterocycles. The van der Waals surface area contributed by atoms with Gasteiger partial charge in [0.1, 0.15) is 16.8 Å². The van der Waals surface area contributed by atoms with E-state index >= 15 is 0 Å². The van der Waals surface area contributed by atoms with Gasteiger partial charge in [-0.3, -0.25) is 4.79 Å². The molecule has 1 fully saturated rings. The molecular formula is C20H16N4O2S. The fraction of sp³-hybridized carbons (Fsp3) is 0.200. The average Bonchev–Trinajstić information content (AvgIpc) is 3.38. The van der Waals surface area contributed by atoms with Gasteiger partial charge in [0.15, 0.2) is 0 Å². The number of thiazole rings is 1. The van der Waals surface area contributed by atoms with Crippen LogP contribution in [-0.4, -0.2) is 40.0 Å². The van der Waals surface area contributed by atoms with E-state index in [1.807, 2.05) is 30.3 Å². The van der Waals surface area contributed by atoms with E-state index in [1.165, 1.54) is 11.3 Å². The van der Waals surface area contributed by atoms with Crippen molar-refractivity contribution in [1.29, 1.82) is 5.26 Å². The Balaban J connectivity index is 1.41. The molecule has 0 saturated carbocycles. The predicted molar refractivity (Wildman–Crippen MR) is 101 cm³/mol. The van der Waals surface area contributed by atoms with Crippen LogP contribution < -0.4 is 4.74 Å². The number of carbonyl (C=O) groups excluding carboxylic acids is 1. The highest BCUT2D eigenvalue weighted by Gasteiger charge is 2.29. The van der Waals surface area contributed by atoms with E-state index in [0.717, 1.165) is 17.0 Å². The second kappa shape index (κ2) is 7.56. The molecule has 1 aliphatic heterocycles. The first-order valence-corrected chi connectivity index (χ1v) is 9.44. The first kappa shape index (κ1) is 17.2.